The number of halogens is 1. The van der Waals surface area contributed by atoms with E-state index < -0.39 is 0 Å². The van der Waals surface area contributed by atoms with Crippen LogP contribution in [-0.2, 0) is 4.79 Å². The van der Waals surface area contributed by atoms with Crippen LogP contribution in [0.5, 0.6) is 5.75 Å². The van der Waals surface area contributed by atoms with Gasteiger partial charge in [0, 0.05) is 29.6 Å². The number of carbonyl (C=O) groups is 1. The van der Waals surface area contributed by atoms with Crippen LogP contribution in [0.2, 0.25) is 5.02 Å². The number of methoxy groups -OCH3 is 1. The molecular weight excluding hydrogens is 276 g/mol. The fraction of sp³-hybridized carbons (Fsp3) is 0.533. The lowest BCUT2D eigenvalue weighted by Gasteiger charge is -2.40. The van der Waals surface area contributed by atoms with E-state index in [1.807, 2.05) is 17.0 Å². The number of nitrogens with two attached hydrogens (primary N) is 1. The molecule has 110 valence electrons. The first-order valence-electron chi connectivity index (χ1n) is 6.97. The molecule has 2 atom stereocenters. The molecule has 1 aromatic carbocycles. The molecule has 0 radical (unpaired) electrons. The topological polar surface area (TPSA) is 55.6 Å². The molecule has 0 spiro atoms. The zero-order chi connectivity index (χ0) is 14.7. The maximum absolute atomic E-state index is 12.2. The van der Waals surface area contributed by atoms with Gasteiger partial charge in [-0.15, -0.1) is 0 Å². The minimum atomic E-state index is -0.162. The smallest absolute Gasteiger partial charge is 0.223 e. The maximum Gasteiger partial charge on any atom is 0.223 e. The van der Waals surface area contributed by atoms with Gasteiger partial charge in [0.15, 0.2) is 0 Å². The second kappa shape index (κ2) is 6.46. The van der Waals surface area contributed by atoms with Crippen molar-refractivity contribution in [3.8, 4) is 5.75 Å². The number of ether oxygens (including phenoxy) is 1. The molecule has 0 bridgehead atoms. The van der Waals surface area contributed by atoms with Gasteiger partial charge in [0.2, 0.25) is 5.91 Å². The Balaban J connectivity index is 2.44. The van der Waals surface area contributed by atoms with Gasteiger partial charge in [-0.3, -0.25) is 4.79 Å². The van der Waals surface area contributed by atoms with Gasteiger partial charge in [0.25, 0.3) is 0 Å². The van der Waals surface area contributed by atoms with Crippen LogP contribution in [0.15, 0.2) is 18.2 Å². The van der Waals surface area contributed by atoms with Crippen molar-refractivity contribution in [3.05, 3.63) is 28.8 Å². The highest BCUT2D eigenvalue weighted by atomic mass is 35.5. The predicted molar refractivity (Wildman–Crippen MR) is 80.0 cm³/mol. The number of hydrogen-bond acceptors (Lipinski definition) is 3. The summed E-state index contributed by atoms with van der Waals surface area (Å²) in [5.41, 5.74) is 7.17. The molecule has 0 aliphatic carbocycles. The first-order chi connectivity index (χ1) is 9.58. The summed E-state index contributed by atoms with van der Waals surface area (Å²) in [6, 6.07) is 5.21. The number of carbonyl (C=O) groups excluding carboxylic acids is 1. The molecule has 5 heteroatoms. The van der Waals surface area contributed by atoms with Crippen molar-refractivity contribution >= 4 is 17.5 Å². The summed E-state index contributed by atoms with van der Waals surface area (Å²) in [5.74, 6) is 0.881. The first kappa shape index (κ1) is 15.1. The number of likely N-dealkylation sites (tertiary alicyclic amines) is 1. The molecule has 1 aliphatic heterocycles. The molecule has 4 nitrogen and oxygen atoms in total. The number of rotatable bonds is 4. The minimum absolute atomic E-state index is 0.0911. The van der Waals surface area contributed by atoms with E-state index in [4.69, 9.17) is 22.1 Å². The average molecular weight is 297 g/mol. The SMILES string of the molecule is CCCN1C(=O)CCC(N)C1c1cc(Cl)ccc1OC. The van der Waals surface area contributed by atoms with Gasteiger partial charge in [-0.2, -0.15) is 0 Å². The molecule has 1 aliphatic rings. The molecule has 1 amide bonds. The van der Waals surface area contributed by atoms with Crippen molar-refractivity contribution in [2.45, 2.75) is 38.3 Å². The van der Waals surface area contributed by atoms with Gasteiger partial charge < -0.3 is 15.4 Å². The molecule has 2 N–H and O–H groups in total. The molecular formula is C15H21ClN2O2. The Labute approximate surface area is 124 Å². The van der Waals surface area contributed by atoms with Crippen LogP contribution >= 0.6 is 11.6 Å². The molecule has 2 rings (SSSR count). The second-order valence-electron chi connectivity index (χ2n) is 5.12. The highest BCUT2D eigenvalue weighted by molar-refractivity contribution is 6.30. The van der Waals surface area contributed by atoms with Crippen molar-refractivity contribution in [1.82, 2.24) is 4.90 Å². The number of piperidine rings is 1. The summed E-state index contributed by atoms with van der Waals surface area (Å²) < 4.78 is 5.41. The maximum atomic E-state index is 12.2. The number of hydrogen-bond donors (Lipinski definition) is 1. The Morgan fingerprint density at radius 2 is 2.25 bits per heavy atom. The summed E-state index contributed by atoms with van der Waals surface area (Å²) in [6.07, 6.45) is 2.11. The Hall–Kier alpha value is -1.26. The molecule has 1 aromatic rings. The standard InChI is InChI=1S/C15H21ClN2O2/c1-3-8-18-14(19)7-5-12(17)15(18)11-9-10(16)4-6-13(11)20-2/h4,6,9,12,15H,3,5,7-8,17H2,1-2H3. The quantitative estimate of drug-likeness (QED) is 0.929. The first-order valence-corrected chi connectivity index (χ1v) is 7.34. The van der Waals surface area contributed by atoms with Crippen molar-refractivity contribution in [1.29, 1.82) is 0 Å². The van der Waals surface area contributed by atoms with E-state index >= 15 is 0 Å². The lowest BCUT2D eigenvalue weighted by atomic mass is 9.90. The molecule has 0 aromatic heterocycles. The van der Waals surface area contributed by atoms with Crippen LogP contribution < -0.4 is 10.5 Å². The van der Waals surface area contributed by atoms with Crippen LogP contribution in [-0.4, -0.2) is 30.5 Å². The van der Waals surface area contributed by atoms with Crippen LogP contribution in [0.1, 0.15) is 37.8 Å². The second-order valence-corrected chi connectivity index (χ2v) is 5.56. The van der Waals surface area contributed by atoms with E-state index in [2.05, 4.69) is 6.92 Å². The largest absolute Gasteiger partial charge is 0.496 e. The third-order valence-electron chi connectivity index (χ3n) is 3.73. The van der Waals surface area contributed by atoms with E-state index in [1.165, 1.54) is 0 Å². The summed E-state index contributed by atoms with van der Waals surface area (Å²) in [6.45, 7) is 2.76. The number of benzene rings is 1. The third kappa shape index (κ3) is 2.91. The van der Waals surface area contributed by atoms with Crippen LogP contribution in [0, 0.1) is 0 Å². The molecule has 1 fully saturated rings. The van der Waals surface area contributed by atoms with Crippen molar-refractivity contribution in [2.24, 2.45) is 5.73 Å². The van der Waals surface area contributed by atoms with Crippen LogP contribution in [0.3, 0.4) is 0 Å². The zero-order valence-corrected chi connectivity index (χ0v) is 12.7. The molecule has 2 unspecified atom stereocenters. The van der Waals surface area contributed by atoms with Gasteiger partial charge in [0.1, 0.15) is 5.75 Å². The van der Waals surface area contributed by atoms with Crippen molar-refractivity contribution < 1.29 is 9.53 Å². The van der Waals surface area contributed by atoms with Crippen LogP contribution in [0.4, 0.5) is 0 Å². The predicted octanol–water partition coefficient (Wildman–Crippen LogP) is 2.75. The number of amides is 1. The molecule has 1 heterocycles. The summed E-state index contributed by atoms with van der Waals surface area (Å²) >= 11 is 6.10. The monoisotopic (exact) mass is 296 g/mol. The van der Waals surface area contributed by atoms with E-state index in [0.29, 0.717) is 24.4 Å². The molecule has 0 saturated carbocycles. The van der Waals surface area contributed by atoms with Gasteiger partial charge in [0.05, 0.1) is 13.2 Å². The van der Waals surface area contributed by atoms with Gasteiger partial charge in [-0.25, -0.2) is 0 Å². The lowest BCUT2D eigenvalue weighted by molar-refractivity contribution is -0.137. The number of nitrogens with zero attached hydrogens (tertiary/aromatic N) is 1. The van der Waals surface area contributed by atoms with Gasteiger partial charge >= 0.3 is 0 Å². The highest BCUT2D eigenvalue weighted by Gasteiger charge is 2.36. The van der Waals surface area contributed by atoms with Gasteiger partial charge in [-0.1, -0.05) is 18.5 Å². The van der Waals surface area contributed by atoms with E-state index in [0.717, 1.165) is 17.7 Å². The third-order valence-corrected chi connectivity index (χ3v) is 3.96. The molecule has 20 heavy (non-hydrogen) atoms. The Morgan fingerprint density at radius 1 is 1.50 bits per heavy atom. The fourth-order valence-corrected chi connectivity index (χ4v) is 3.00. The van der Waals surface area contributed by atoms with Gasteiger partial charge in [-0.05, 0) is 31.0 Å². The van der Waals surface area contributed by atoms with E-state index in [-0.39, 0.29) is 18.0 Å². The lowest BCUT2D eigenvalue weighted by Crippen LogP contribution is -2.49. The van der Waals surface area contributed by atoms with Crippen molar-refractivity contribution in [2.75, 3.05) is 13.7 Å². The fourth-order valence-electron chi connectivity index (χ4n) is 2.82. The Kier molecular flexibility index (Phi) is 4.89. The zero-order valence-electron chi connectivity index (χ0n) is 11.9. The summed E-state index contributed by atoms with van der Waals surface area (Å²) in [5, 5.41) is 0.627. The average Bonchev–Trinajstić information content (AvgIpc) is 2.43. The van der Waals surface area contributed by atoms with E-state index in [9.17, 15) is 4.79 Å². The van der Waals surface area contributed by atoms with E-state index in [1.54, 1.807) is 13.2 Å². The Morgan fingerprint density at radius 3 is 2.90 bits per heavy atom. The minimum Gasteiger partial charge on any atom is -0.496 e. The molecule has 1 saturated heterocycles. The van der Waals surface area contributed by atoms with Crippen molar-refractivity contribution in [3.63, 3.8) is 0 Å². The summed E-state index contributed by atoms with van der Waals surface area (Å²) in [7, 11) is 1.62. The normalized spacial score (nSPS) is 23.0. The van der Waals surface area contributed by atoms with Crippen LogP contribution in [0.25, 0.3) is 0 Å². The summed E-state index contributed by atoms with van der Waals surface area (Å²) in [4.78, 5) is 14.1. The highest BCUT2D eigenvalue weighted by Crippen LogP contribution is 2.37. The Bertz CT molecular complexity index is 493.